The van der Waals surface area contributed by atoms with Gasteiger partial charge in [-0.1, -0.05) is 18.3 Å². The molecule has 6 heteroatoms. The highest BCUT2D eigenvalue weighted by Crippen LogP contribution is 2.23. The van der Waals surface area contributed by atoms with E-state index in [0.717, 1.165) is 25.8 Å². The molecule has 2 rings (SSSR count). The predicted molar refractivity (Wildman–Crippen MR) is 68.4 cm³/mol. The van der Waals surface area contributed by atoms with Crippen molar-refractivity contribution in [1.29, 1.82) is 0 Å². The quantitative estimate of drug-likeness (QED) is 0.896. The third kappa shape index (κ3) is 2.57. The molecule has 0 aromatic carbocycles. The molecule has 0 spiro atoms. The molecular formula is C11H18N4OS. The normalized spacial score (nSPS) is 20.4. The van der Waals surface area contributed by atoms with Crippen LogP contribution in [0.25, 0.3) is 0 Å². The molecule has 1 N–H and O–H groups in total. The van der Waals surface area contributed by atoms with Crippen LogP contribution in [-0.2, 0) is 0 Å². The van der Waals surface area contributed by atoms with Crippen molar-refractivity contribution in [3.8, 4) is 0 Å². The summed E-state index contributed by atoms with van der Waals surface area (Å²) in [5.74, 6) is 0.0375. The Labute approximate surface area is 105 Å². The van der Waals surface area contributed by atoms with Gasteiger partial charge in [-0.25, -0.2) is 0 Å². The van der Waals surface area contributed by atoms with Crippen LogP contribution in [0, 0.1) is 0 Å². The molecule has 5 nitrogen and oxygen atoms in total. The van der Waals surface area contributed by atoms with Crippen LogP contribution in [-0.4, -0.2) is 40.6 Å². The first-order valence-corrected chi connectivity index (χ1v) is 6.90. The third-order valence-corrected chi connectivity index (χ3v) is 4.11. The first-order valence-electron chi connectivity index (χ1n) is 6.08. The van der Waals surface area contributed by atoms with E-state index in [1.807, 2.05) is 4.90 Å². The Morgan fingerprint density at radius 1 is 1.53 bits per heavy atom. The molecule has 1 aromatic heterocycles. The molecule has 1 amide bonds. The Morgan fingerprint density at radius 2 is 2.35 bits per heavy atom. The van der Waals surface area contributed by atoms with Gasteiger partial charge in [-0.15, -0.1) is 10.2 Å². The van der Waals surface area contributed by atoms with Gasteiger partial charge in [0.05, 0.1) is 0 Å². The Kier molecular flexibility index (Phi) is 3.93. The standard InChI is InChI=1S/C11H18N4OS/c1-3-8-6-4-5-7-15(8)10(16)9-13-14-11(12-2)17-9/h8H,3-7H2,1-2H3,(H,12,14). The van der Waals surface area contributed by atoms with Gasteiger partial charge in [0.15, 0.2) is 0 Å². The fraction of sp³-hybridized carbons (Fsp3) is 0.727. The molecule has 1 fully saturated rings. The minimum atomic E-state index is 0.0375. The molecule has 17 heavy (non-hydrogen) atoms. The fourth-order valence-corrected chi connectivity index (χ4v) is 2.88. The molecular weight excluding hydrogens is 236 g/mol. The lowest BCUT2D eigenvalue weighted by atomic mass is 10.00. The van der Waals surface area contributed by atoms with E-state index in [1.54, 1.807) is 7.05 Å². The van der Waals surface area contributed by atoms with Crippen molar-refractivity contribution in [2.75, 3.05) is 18.9 Å². The van der Waals surface area contributed by atoms with Crippen molar-refractivity contribution in [1.82, 2.24) is 15.1 Å². The maximum absolute atomic E-state index is 12.3. The van der Waals surface area contributed by atoms with Crippen LogP contribution in [0.1, 0.15) is 42.4 Å². The molecule has 1 aliphatic heterocycles. The van der Waals surface area contributed by atoms with Crippen molar-refractivity contribution in [3.05, 3.63) is 5.01 Å². The zero-order valence-corrected chi connectivity index (χ0v) is 11.1. The van der Waals surface area contributed by atoms with Crippen LogP contribution in [0.15, 0.2) is 0 Å². The molecule has 1 unspecified atom stereocenters. The number of hydrogen-bond donors (Lipinski definition) is 1. The van der Waals surface area contributed by atoms with Crippen molar-refractivity contribution in [3.63, 3.8) is 0 Å². The first-order chi connectivity index (χ1) is 8.26. The summed E-state index contributed by atoms with van der Waals surface area (Å²) < 4.78 is 0. The minimum absolute atomic E-state index is 0.0375. The summed E-state index contributed by atoms with van der Waals surface area (Å²) in [4.78, 5) is 14.3. The van der Waals surface area contributed by atoms with E-state index in [1.165, 1.54) is 17.8 Å². The minimum Gasteiger partial charge on any atom is -0.363 e. The maximum atomic E-state index is 12.3. The van der Waals surface area contributed by atoms with Gasteiger partial charge >= 0.3 is 0 Å². The molecule has 0 radical (unpaired) electrons. The number of anilines is 1. The van der Waals surface area contributed by atoms with Crippen LogP contribution in [0.4, 0.5) is 5.13 Å². The number of carbonyl (C=O) groups is 1. The van der Waals surface area contributed by atoms with E-state index in [2.05, 4.69) is 22.4 Å². The average molecular weight is 254 g/mol. The number of nitrogens with zero attached hydrogens (tertiary/aromatic N) is 3. The Balaban J connectivity index is 2.12. The summed E-state index contributed by atoms with van der Waals surface area (Å²) in [6.07, 6.45) is 4.45. The Morgan fingerprint density at radius 3 is 3.00 bits per heavy atom. The van der Waals surface area contributed by atoms with Crippen LogP contribution < -0.4 is 5.32 Å². The van der Waals surface area contributed by atoms with Crippen molar-refractivity contribution < 1.29 is 4.79 Å². The molecule has 1 aliphatic rings. The lowest BCUT2D eigenvalue weighted by Gasteiger charge is -2.34. The van der Waals surface area contributed by atoms with Gasteiger partial charge in [-0.3, -0.25) is 4.79 Å². The van der Waals surface area contributed by atoms with Crippen LogP contribution in [0.3, 0.4) is 0 Å². The Hall–Kier alpha value is -1.17. The number of piperidine rings is 1. The molecule has 1 saturated heterocycles. The number of likely N-dealkylation sites (tertiary alicyclic amines) is 1. The van der Waals surface area contributed by atoms with Crippen LogP contribution in [0.2, 0.25) is 0 Å². The number of hydrogen-bond acceptors (Lipinski definition) is 5. The van der Waals surface area contributed by atoms with Gasteiger partial charge in [0.1, 0.15) is 0 Å². The third-order valence-electron chi connectivity index (χ3n) is 3.18. The largest absolute Gasteiger partial charge is 0.363 e. The van der Waals surface area contributed by atoms with E-state index in [9.17, 15) is 4.79 Å². The van der Waals surface area contributed by atoms with Gasteiger partial charge < -0.3 is 10.2 Å². The van der Waals surface area contributed by atoms with E-state index >= 15 is 0 Å². The smallest absolute Gasteiger partial charge is 0.285 e. The van der Waals surface area contributed by atoms with Crippen molar-refractivity contribution in [2.45, 2.75) is 38.6 Å². The van der Waals surface area contributed by atoms with Gasteiger partial charge in [0, 0.05) is 19.6 Å². The second-order valence-corrected chi connectivity index (χ2v) is 5.20. The summed E-state index contributed by atoms with van der Waals surface area (Å²) in [6.45, 7) is 2.99. The van der Waals surface area contributed by atoms with Crippen molar-refractivity contribution in [2.24, 2.45) is 0 Å². The lowest BCUT2D eigenvalue weighted by molar-refractivity contribution is 0.0607. The second-order valence-electron chi connectivity index (χ2n) is 4.22. The first kappa shape index (κ1) is 12.3. The molecule has 0 saturated carbocycles. The molecule has 0 aliphatic carbocycles. The molecule has 0 bridgehead atoms. The highest BCUT2D eigenvalue weighted by molar-refractivity contribution is 7.17. The number of nitrogens with one attached hydrogen (secondary N) is 1. The summed E-state index contributed by atoms with van der Waals surface area (Å²) in [6, 6.07) is 0.373. The van der Waals surface area contributed by atoms with Gasteiger partial charge in [0.2, 0.25) is 10.1 Å². The van der Waals surface area contributed by atoms with E-state index in [-0.39, 0.29) is 5.91 Å². The van der Waals surface area contributed by atoms with Gasteiger partial charge in [-0.2, -0.15) is 0 Å². The van der Waals surface area contributed by atoms with E-state index < -0.39 is 0 Å². The molecule has 1 aromatic rings. The number of amides is 1. The summed E-state index contributed by atoms with van der Waals surface area (Å²) in [7, 11) is 1.78. The summed E-state index contributed by atoms with van der Waals surface area (Å²) in [5, 5.41) is 11.9. The second kappa shape index (κ2) is 5.44. The Bertz CT molecular complexity index is 393. The lowest BCUT2D eigenvalue weighted by Crippen LogP contribution is -2.43. The molecule has 1 atom stereocenters. The number of rotatable bonds is 3. The SMILES string of the molecule is CCC1CCCCN1C(=O)c1nnc(NC)s1. The number of carbonyl (C=O) groups excluding carboxylic acids is 1. The van der Waals surface area contributed by atoms with Gasteiger partial charge in [-0.05, 0) is 25.7 Å². The summed E-state index contributed by atoms with van der Waals surface area (Å²) >= 11 is 1.32. The zero-order valence-electron chi connectivity index (χ0n) is 10.3. The van der Waals surface area contributed by atoms with Gasteiger partial charge in [0.25, 0.3) is 5.91 Å². The highest BCUT2D eigenvalue weighted by atomic mass is 32.1. The van der Waals surface area contributed by atoms with Crippen LogP contribution in [0.5, 0.6) is 0 Å². The zero-order chi connectivity index (χ0) is 12.3. The summed E-state index contributed by atoms with van der Waals surface area (Å²) in [5.41, 5.74) is 0. The van der Waals surface area contributed by atoms with Crippen LogP contribution >= 0.6 is 11.3 Å². The fourth-order valence-electron chi connectivity index (χ4n) is 2.23. The average Bonchev–Trinajstić information content (AvgIpc) is 2.86. The molecule has 2 heterocycles. The maximum Gasteiger partial charge on any atom is 0.285 e. The topological polar surface area (TPSA) is 58.1 Å². The monoisotopic (exact) mass is 254 g/mol. The highest BCUT2D eigenvalue weighted by Gasteiger charge is 2.28. The van der Waals surface area contributed by atoms with E-state index in [4.69, 9.17) is 0 Å². The predicted octanol–water partition coefficient (Wildman–Crippen LogP) is 1.98. The van der Waals surface area contributed by atoms with E-state index in [0.29, 0.717) is 16.2 Å². The van der Waals surface area contributed by atoms with Crippen molar-refractivity contribution >= 4 is 22.4 Å². The number of aromatic nitrogens is 2. The molecule has 94 valence electrons.